The van der Waals surface area contributed by atoms with Gasteiger partial charge >= 0.3 is 0 Å². The fourth-order valence-corrected chi connectivity index (χ4v) is 1.63. The molecule has 7 heteroatoms. The van der Waals surface area contributed by atoms with Crippen LogP contribution in [0.1, 0.15) is 13.3 Å². The van der Waals surface area contributed by atoms with Crippen LogP contribution >= 0.6 is 0 Å². The summed E-state index contributed by atoms with van der Waals surface area (Å²) in [6.07, 6.45) is 0.596. The highest BCUT2D eigenvalue weighted by atomic mass is 16.2. The molecule has 0 aliphatic carbocycles. The van der Waals surface area contributed by atoms with Crippen molar-refractivity contribution >= 4 is 11.6 Å². The summed E-state index contributed by atoms with van der Waals surface area (Å²) in [7, 11) is 1.76. The highest BCUT2D eigenvalue weighted by Crippen LogP contribution is 2.19. The van der Waals surface area contributed by atoms with Crippen molar-refractivity contribution in [3.63, 3.8) is 0 Å². The van der Waals surface area contributed by atoms with Gasteiger partial charge in [0, 0.05) is 18.3 Å². The molecule has 0 unspecified atom stereocenters. The first kappa shape index (κ1) is 13.2. The van der Waals surface area contributed by atoms with Gasteiger partial charge in [0.05, 0.1) is 6.04 Å². The third-order valence-corrected chi connectivity index (χ3v) is 2.79. The summed E-state index contributed by atoms with van der Waals surface area (Å²) in [5, 5.41) is 14.1. The van der Waals surface area contributed by atoms with Crippen LogP contribution in [0, 0.1) is 0 Å². The third kappa shape index (κ3) is 2.94. The Kier molecular flexibility index (Phi) is 3.86. The van der Waals surface area contributed by atoms with Crippen molar-refractivity contribution in [2.45, 2.75) is 19.4 Å². The number of nitrogens with zero attached hydrogens (tertiary/aromatic N) is 4. The third-order valence-electron chi connectivity index (χ3n) is 2.79. The van der Waals surface area contributed by atoms with Gasteiger partial charge < -0.3 is 11.1 Å². The van der Waals surface area contributed by atoms with Gasteiger partial charge in [-0.05, 0) is 29.0 Å². The van der Waals surface area contributed by atoms with Gasteiger partial charge in [0.25, 0.3) is 0 Å². The Hall–Kier alpha value is -2.28. The Morgan fingerprint density at radius 3 is 2.95 bits per heavy atom. The van der Waals surface area contributed by atoms with E-state index in [9.17, 15) is 4.79 Å². The van der Waals surface area contributed by atoms with Gasteiger partial charge in [-0.3, -0.25) is 4.79 Å². The minimum absolute atomic E-state index is 0.198. The first-order valence-corrected chi connectivity index (χ1v) is 6.01. The Balaban J connectivity index is 2.21. The average molecular weight is 260 g/mol. The van der Waals surface area contributed by atoms with Crippen LogP contribution in [0.3, 0.4) is 0 Å². The largest absolute Gasteiger partial charge is 0.325 e. The van der Waals surface area contributed by atoms with Crippen LogP contribution in [0.2, 0.25) is 0 Å². The van der Waals surface area contributed by atoms with Gasteiger partial charge in [-0.25, -0.2) is 4.68 Å². The highest BCUT2D eigenvalue weighted by Gasteiger charge is 2.12. The molecule has 0 saturated carbocycles. The quantitative estimate of drug-likeness (QED) is 0.836. The number of carbonyl (C=O) groups is 1. The molecule has 2 aromatic rings. The van der Waals surface area contributed by atoms with E-state index in [1.54, 1.807) is 17.8 Å². The SMILES string of the molecule is CC[C@@H](N)C(=O)Nc1cccc(-c2nnnn2C)c1. The fourth-order valence-electron chi connectivity index (χ4n) is 1.63. The molecule has 7 nitrogen and oxygen atoms in total. The average Bonchev–Trinajstić information content (AvgIpc) is 2.84. The molecule has 0 radical (unpaired) electrons. The first-order chi connectivity index (χ1) is 9.11. The lowest BCUT2D eigenvalue weighted by atomic mass is 10.1. The van der Waals surface area contributed by atoms with Crippen molar-refractivity contribution < 1.29 is 4.79 Å². The molecule has 1 heterocycles. The molecular formula is C12H16N6O. The van der Waals surface area contributed by atoms with Crippen molar-refractivity contribution in [1.29, 1.82) is 0 Å². The normalized spacial score (nSPS) is 12.2. The second kappa shape index (κ2) is 5.57. The van der Waals surface area contributed by atoms with Gasteiger partial charge in [-0.2, -0.15) is 0 Å². The summed E-state index contributed by atoms with van der Waals surface area (Å²) < 4.78 is 1.57. The van der Waals surface area contributed by atoms with Crippen molar-refractivity contribution in [1.82, 2.24) is 20.2 Å². The summed E-state index contributed by atoms with van der Waals surface area (Å²) in [5.74, 6) is 0.437. The number of hydrogen-bond donors (Lipinski definition) is 2. The molecule has 100 valence electrons. The minimum Gasteiger partial charge on any atom is -0.325 e. The minimum atomic E-state index is -0.500. The monoisotopic (exact) mass is 260 g/mol. The number of nitrogens with one attached hydrogen (secondary N) is 1. The fraction of sp³-hybridized carbons (Fsp3) is 0.333. The Bertz CT molecular complexity index is 579. The number of tetrazole rings is 1. The number of anilines is 1. The zero-order chi connectivity index (χ0) is 13.8. The van der Waals surface area contributed by atoms with Crippen LogP contribution in [0.15, 0.2) is 24.3 Å². The maximum absolute atomic E-state index is 11.7. The van der Waals surface area contributed by atoms with E-state index in [0.717, 1.165) is 5.56 Å². The lowest BCUT2D eigenvalue weighted by Gasteiger charge is -2.10. The van der Waals surface area contributed by atoms with Gasteiger partial charge in [-0.1, -0.05) is 19.1 Å². The van der Waals surface area contributed by atoms with E-state index in [4.69, 9.17) is 5.73 Å². The van der Waals surface area contributed by atoms with E-state index in [0.29, 0.717) is 17.9 Å². The molecule has 1 atom stereocenters. The molecule has 1 aromatic heterocycles. The summed E-state index contributed by atoms with van der Waals surface area (Å²) in [6, 6.07) is 6.82. The molecule has 19 heavy (non-hydrogen) atoms. The molecule has 0 spiro atoms. The molecule has 1 aromatic carbocycles. The van der Waals surface area contributed by atoms with Crippen LogP contribution in [0.4, 0.5) is 5.69 Å². The number of benzene rings is 1. The zero-order valence-corrected chi connectivity index (χ0v) is 10.9. The predicted octanol–water partition coefficient (Wildman–Crippen LogP) is 0.553. The zero-order valence-electron chi connectivity index (χ0n) is 10.9. The van der Waals surface area contributed by atoms with Crippen molar-refractivity contribution in [2.24, 2.45) is 12.8 Å². The summed E-state index contributed by atoms with van der Waals surface area (Å²) in [5.41, 5.74) is 7.18. The van der Waals surface area contributed by atoms with Crippen molar-refractivity contribution in [3.8, 4) is 11.4 Å². The molecular weight excluding hydrogens is 244 g/mol. The number of nitrogens with two attached hydrogens (primary N) is 1. The summed E-state index contributed by atoms with van der Waals surface area (Å²) in [6.45, 7) is 1.87. The van der Waals surface area contributed by atoms with Gasteiger partial charge in [0.15, 0.2) is 5.82 Å². The number of rotatable bonds is 4. The number of carbonyl (C=O) groups excluding carboxylic acids is 1. The lowest BCUT2D eigenvalue weighted by Crippen LogP contribution is -2.34. The lowest BCUT2D eigenvalue weighted by molar-refractivity contribution is -0.117. The number of hydrogen-bond acceptors (Lipinski definition) is 5. The van der Waals surface area contributed by atoms with Crippen LogP contribution in [-0.2, 0) is 11.8 Å². The number of aromatic nitrogens is 4. The number of amides is 1. The summed E-state index contributed by atoms with van der Waals surface area (Å²) in [4.78, 5) is 11.7. The standard InChI is InChI=1S/C12H16N6O/c1-3-10(13)12(19)14-9-6-4-5-8(7-9)11-15-16-17-18(11)2/h4-7,10H,3,13H2,1-2H3,(H,14,19)/t10-/m1/s1. The Morgan fingerprint density at radius 1 is 1.53 bits per heavy atom. The predicted molar refractivity (Wildman–Crippen MR) is 71.1 cm³/mol. The van der Waals surface area contributed by atoms with E-state index in [2.05, 4.69) is 20.8 Å². The van der Waals surface area contributed by atoms with Crippen LogP contribution in [0.5, 0.6) is 0 Å². The van der Waals surface area contributed by atoms with Gasteiger partial charge in [-0.15, -0.1) is 5.10 Å². The smallest absolute Gasteiger partial charge is 0.241 e. The van der Waals surface area contributed by atoms with Crippen LogP contribution in [0.25, 0.3) is 11.4 Å². The van der Waals surface area contributed by atoms with E-state index >= 15 is 0 Å². The Morgan fingerprint density at radius 2 is 2.32 bits per heavy atom. The van der Waals surface area contributed by atoms with Gasteiger partial charge in [0.1, 0.15) is 0 Å². The molecule has 0 fully saturated rings. The maximum atomic E-state index is 11.7. The van der Waals surface area contributed by atoms with E-state index in [1.807, 2.05) is 25.1 Å². The maximum Gasteiger partial charge on any atom is 0.241 e. The van der Waals surface area contributed by atoms with Crippen LogP contribution in [-0.4, -0.2) is 32.2 Å². The second-order valence-electron chi connectivity index (χ2n) is 4.21. The van der Waals surface area contributed by atoms with E-state index < -0.39 is 6.04 Å². The number of aryl methyl sites for hydroxylation is 1. The van der Waals surface area contributed by atoms with E-state index in [-0.39, 0.29) is 5.91 Å². The van der Waals surface area contributed by atoms with Crippen molar-refractivity contribution in [3.05, 3.63) is 24.3 Å². The van der Waals surface area contributed by atoms with Gasteiger partial charge in [0.2, 0.25) is 5.91 Å². The molecule has 0 saturated heterocycles. The highest BCUT2D eigenvalue weighted by molar-refractivity contribution is 5.95. The van der Waals surface area contributed by atoms with Crippen molar-refractivity contribution in [2.75, 3.05) is 5.32 Å². The topological polar surface area (TPSA) is 98.7 Å². The second-order valence-corrected chi connectivity index (χ2v) is 4.21. The molecule has 3 N–H and O–H groups in total. The molecule has 1 amide bonds. The summed E-state index contributed by atoms with van der Waals surface area (Å²) >= 11 is 0. The molecule has 0 bridgehead atoms. The molecule has 2 rings (SSSR count). The van der Waals surface area contributed by atoms with E-state index in [1.165, 1.54) is 0 Å². The first-order valence-electron chi connectivity index (χ1n) is 6.01. The molecule has 0 aliphatic heterocycles. The van der Waals surface area contributed by atoms with Crippen LogP contribution < -0.4 is 11.1 Å². The molecule has 0 aliphatic rings. The Labute approximate surface area is 110 Å².